The second-order valence-electron chi connectivity index (χ2n) is 5.75. The van der Waals surface area contributed by atoms with Crippen molar-refractivity contribution in [2.75, 3.05) is 13.6 Å². The molecule has 0 saturated carbocycles. The zero-order valence-corrected chi connectivity index (χ0v) is 15.9. The van der Waals surface area contributed by atoms with Gasteiger partial charge in [0.1, 0.15) is 0 Å². The Hall–Kier alpha value is -1.86. The van der Waals surface area contributed by atoms with Crippen molar-refractivity contribution in [2.24, 2.45) is 0 Å². The standard InChI is InChI=1S/C16H20ClN3O3S/c1-6-19(5)16(21)20-9-13(17)15(18-20)24(22,23)14-11(3)7-10(2)8-12(14)4/h7-9H,6H2,1-5H3. The molecule has 0 atom stereocenters. The fourth-order valence-corrected chi connectivity index (χ4v) is 4.71. The van der Waals surface area contributed by atoms with E-state index in [1.807, 2.05) is 6.92 Å². The van der Waals surface area contributed by atoms with E-state index in [-0.39, 0.29) is 14.9 Å². The number of amides is 1. The summed E-state index contributed by atoms with van der Waals surface area (Å²) in [5.41, 5.74) is 2.21. The van der Waals surface area contributed by atoms with E-state index in [0.29, 0.717) is 17.7 Å². The Morgan fingerprint density at radius 3 is 2.29 bits per heavy atom. The van der Waals surface area contributed by atoms with Crippen LogP contribution in [0.2, 0.25) is 5.02 Å². The van der Waals surface area contributed by atoms with Gasteiger partial charge in [-0.25, -0.2) is 13.2 Å². The molecule has 1 aromatic carbocycles. The molecule has 1 aromatic heterocycles. The normalized spacial score (nSPS) is 11.6. The molecule has 0 fully saturated rings. The molecule has 0 saturated heterocycles. The summed E-state index contributed by atoms with van der Waals surface area (Å²) in [6.07, 6.45) is 1.22. The largest absolute Gasteiger partial charge is 0.344 e. The van der Waals surface area contributed by atoms with E-state index < -0.39 is 15.9 Å². The van der Waals surface area contributed by atoms with E-state index in [2.05, 4.69) is 5.10 Å². The van der Waals surface area contributed by atoms with Gasteiger partial charge in [-0.05, 0) is 38.8 Å². The van der Waals surface area contributed by atoms with Crippen LogP contribution in [0.15, 0.2) is 28.3 Å². The van der Waals surface area contributed by atoms with Gasteiger partial charge >= 0.3 is 6.03 Å². The molecule has 0 aliphatic carbocycles. The van der Waals surface area contributed by atoms with Crippen molar-refractivity contribution in [2.45, 2.75) is 37.6 Å². The molecular formula is C16H20ClN3O3S. The summed E-state index contributed by atoms with van der Waals surface area (Å²) < 4.78 is 27.0. The first-order chi connectivity index (χ1) is 11.1. The lowest BCUT2D eigenvalue weighted by atomic mass is 10.1. The lowest BCUT2D eigenvalue weighted by Crippen LogP contribution is -2.31. The Balaban J connectivity index is 2.60. The number of halogens is 1. The number of hydrogen-bond donors (Lipinski definition) is 0. The number of aromatic nitrogens is 2. The van der Waals surface area contributed by atoms with E-state index >= 15 is 0 Å². The lowest BCUT2D eigenvalue weighted by molar-refractivity contribution is 0.209. The molecule has 0 unspecified atom stereocenters. The zero-order chi connectivity index (χ0) is 18.2. The summed E-state index contributed by atoms with van der Waals surface area (Å²) in [6.45, 7) is 7.63. The Labute approximate surface area is 147 Å². The van der Waals surface area contributed by atoms with Gasteiger partial charge < -0.3 is 4.90 Å². The highest BCUT2D eigenvalue weighted by molar-refractivity contribution is 7.91. The highest BCUT2D eigenvalue weighted by Crippen LogP contribution is 2.31. The number of hydrogen-bond acceptors (Lipinski definition) is 4. The van der Waals surface area contributed by atoms with Crippen LogP contribution >= 0.6 is 11.6 Å². The molecule has 24 heavy (non-hydrogen) atoms. The van der Waals surface area contributed by atoms with Crippen LogP contribution in [-0.2, 0) is 9.84 Å². The van der Waals surface area contributed by atoms with Crippen molar-refractivity contribution in [3.8, 4) is 0 Å². The molecule has 0 N–H and O–H groups in total. The zero-order valence-electron chi connectivity index (χ0n) is 14.3. The third kappa shape index (κ3) is 3.18. The van der Waals surface area contributed by atoms with Gasteiger partial charge in [-0.2, -0.15) is 9.78 Å². The first-order valence-electron chi connectivity index (χ1n) is 7.43. The van der Waals surface area contributed by atoms with E-state index in [0.717, 1.165) is 10.2 Å². The molecule has 2 aromatic rings. The number of benzene rings is 1. The number of carbonyl (C=O) groups is 1. The lowest BCUT2D eigenvalue weighted by Gasteiger charge is -2.13. The summed E-state index contributed by atoms with van der Waals surface area (Å²) in [5, 5.41) is 3.55. The molecule has 1 heterocycles. The number of carbonyl (C=O) groups excluding carboxylic acids is 1. The third-order valence-corrected chi connectivity index (χ3v) is 6.14. The van der Waals surface area contributed by atoms with Gasteiger partial charge in [0.25, 0.3) is 0 Å². The molecular weight excluding hydrogens is 350 g/mol. The van der Waals surface area contributed by atoms with Crippen LogP contribution in [0.5, 0.6) is 0 Å². The maximum absolute atomic E-state index is 13.0. The van der Waals surface area contributed by atoms with Crippen LogP contribution in [-0.4, -0.2) is 42.7 Å². The smallest absolute Gasteiger partial charge is 0.326 e. The van der Waals surface area contributed by atoms with E-state index in [9.17, 15) is 13.2 Å². The summed E-state index contributed by atoms with van der Waals surface area (Å²) in [4.78, 5) is 13.7. The van der Waals surface area contributed by atoms with Crippen molar-refractivity contribution >= 4 is 27.5 Å². The average molecular weight is 370 g/mol. The summed E-state index contributed by atoms with van der Waals surface area (Å²) in [7, 11) is -2.33. The highest BCUT2D eigenvalue weighted by Gasteiger charge is 2.29. The minimum Gasteiger partial charge on any atom is -0.326 e. The van der Waals surface area contributed by atoms with Crippen LogP contribution in [0.3, 0.4) is 0 Å². The van der Waals surface area contributed by atoms with Crippen molar-refractivity contribution in [3.05, 3.63) is 40.0 Å². The number of nitrogens with zero attached hydrogens (tertiary/aromatic N) is 3. The van der Waals surface area contributed by atoms with Crippen molar-refractivity contribution < 1.29 is 13.2 Å². The molecule has 0 spiro atoms. The minimum atomic E-state index is -3.93. The average Bonchev–Trinajstić information content (AvgIpc) is 2.86. The molecule has 0 aliphatic rings. The van der Waals surface area contributed by atoms with E-state index in [1.165, 1.54) is 11.1 Å². The Morgan fingerprint density at radius 1 is 1.25 bits per heavy atom. The van der Waals surface area contributed by atoms with Gasteiger partial charge in [-0.3, -0.25) is 0 Å². The molecule has 2 rings (SSSR count). The molecule has 8 heteroatoms. The van der Waals surface area contributed by atoms with Gasteiger partial charge in [-0.1, -0.05) is 29.3 Å². The maximum Gasteiger partial charge on any atom is 0.344 e. The monoisotopic (exact) mass is 369 g/mol. The summed E-state index contributed by atoms with van der Waals surface area (Å²) in [6, 6.07) is 3.14. The molecule has 1 amide bonds. The predicted molar refractivity (Wildman–Crippen MR) is 92.4 cm³/mol. The topological polar surface area (TPSA) is 72.3 Å². The minimum absolute atomic E-state index is 0.0766. The summed E-state index contributed by atoms with van der Waals surface area (Å²) >= 11 is 6.07. The molecule has 0 radical (unpaired) electrons. The number of rotatable bonds is 3. The van der Waals surface area contributed by atoms with Crippen molar-refractivity contribution in [1.82, 2.24) is 14.7 Å². The van der Waals surface area contributed by atoms with Gasteiger partial charge in [0.05, 0.1) is 16.1 Å². The molecule has 6 nitrogen and oxygen atoms in total. The van der Waals surface area contributed by atoms with Gasteiger partial charge in [0.2, 0.25) is 14.9 Å². The fourth-order valence-electron chi connectivity index (χ4n) is 2.61. The van der Waals surface area contributed by atoms with Gasteiger partial charge in [0, 0.05) is 13.6 Å². The molecule has 0 bridgehead atoms. The first kappa shape index (κ1) is 18.5. The predicted octanol–water partition coefficient (Wildman–Crippen LogP) is 3.21. The highest BCUT2D eigenvalue weighted by atomic mass is 35.5. The van der Waals surface area contributed by atoms with Crippen LogP contribution in [0.25, 0.3) is 0 Å². The number of sulfone groups is 1. The second-order valence-corrected chi connectivity index (χ2v) is 7.96. The molecule has 0 aliphatic heterocycles. The Bertz CT molecular complexity index is 880. The van der Waals surface area contributed by atoms with Crippen LogP contribution in [0, 0.1) is 20.8 Å². The second kappa shape index (κ2) is 6.57. The summed E-state index contributed by atoms with van der Waals surface area (Å²) in [5.74, 6) is 0. The van der Waals surface area contributed by atoms with E-state index in [4.69, 9.17) is 11.6 Å². The van der Waals surface area contributed by atoms with Crippen LogP contribution < -0.4 is 0 Å². The van der Waals surface area contributed by atoms with Crippen LogP contribution in [0.4, 0.5) is 4.79 Å². The first-order valence-corrected chi connectivity index (χ1v) is 9.29. The number of aryl methyl sites for hydroxylation is 3. The van der Waals surface area contributed by atoms with Gasteiger partial charge in [-0.15, -0.1) is 0 Å². The quantitative estimate of drug-likeness (QED) is 0.832. The van der Waals surface area contributed by atoms with Crippen LogP contribution in [0.1, 0.15) is 23.6 Å². The van der Waals surface area contributed by atoms with Gasteiger partial charge in [0.15, 0.2) is 0 Å². The van der Waals surface area contributed by atoms with E-state index in [1.54, 1.807) is 40.0 Å². The maximum atomic E-state index is 13.0. The fraction of sp³-hybridized carbons (Fsp3) is 0.375. The SMILES string of the molecule is CCN(C)C(=O)n1cc(Cl)c(S(=O)(=O)c2c(C)cc(C)cc2C)n1. The third-order valence-electron chi connectivity index (χ3n) is 3.76. The Morgan fingerprint density at radius 2 is 1.79 bits per heavy atom. The van der Waals surface area contributed by atoms with Crippen molar-refractivity contribution in [3.63, 3.8) is 0 Å². The molecule has 130 valence electrons. The Kier molecular flexibility index (Phi) is 5.05. The van der Waals surface area contributed by atoms with Crippen molar-refractivity contribution in [1.29, 1.82) is 0 Å².